The zero-order valence-electron chi connectivity index (χ0n) is 17.8. The number of nitrogens with one attached hydrogen (secondary N) is 2. The van der Waals surface area contributed by atoms with Gasteiger partial charge in [0.15, 0.2) is 5.11 Å². The Morgan fingerprint density at radius 1 is 1.29 bits per heavy atom. The van der Waals surface area contributed by atoms with Gasteiger partial charge in [-0.3, -0.25) is 4.79 Å². The van der Waals surface area contributed by atoms with Gasteiger partial charge in [0.1, 0.15) is 5.75 Å². The predicted molar refractivity (Wildman–Crippen MR) is 128 cm³/mol. The SMILES string of the molecule is COc1ccccc1NC(=S)N(Cc1cc2cc(C)ccc2[nH]c1=O)C[C@H]1CCCO1. The Balaban J connectivity index is 1.61. The molecule has 0 unspecified atom stereocenters. The van der Waals surface area contributed by atoms with E-state index in [0.717, 1.165) is 41.6 Å². The predicted octanol–water partition coefficient (Wildman–Crippen LogP) is 4.22. The van der Waals surface area contributed by atoms with E-state index in [1.807, 2.05) is 54.3 Å². The number of hydrogen-bond donors (Lipinski definition) is 2. The van der Waals surface area contributed by atoms with Gasteiger partial charge in [0.2, 0.25) is 0 Å². The van der Waals surface area contributed by atoms with Gasteiger partial charge in [-0.2, -0.15) is 0 Å². The fraction of sp³-hybridized carbons (Fsp3) is 0.333. The van der Waals surface area contributed by atoms with Crippen LogP contribution in [0.15, 0.2) is 53.3 Å². The van der Waals surface area contributed by atoms with Gasteiger partial charge >= 0.3 is 0 Å². The molecule has 0 bridgehead atoms. The van der Waals surface area contributed by atoms with Crippen molar-refractivity contribution in [3.8, 4) is 5.75 Å². The number of ether oxygens (including phenoxy) is 2. The molecule has 4 rings (SSSR count). The third-order valence-electron chi connectivity index (χ3n) is 5.52. The van der Waals surface area contributed by atoms with E-state index in [2.05, 4.69) is 16.4 Å². The minimum absolute atomic E-state index is 0.0965. The first-order valence-electron chi connectivity index (χ1n) is 10.5. The summed E-state index contributed by atoms with van der Waals surface area (Å²) in [5, 5.41) is 4.83. The maximum atomic E-state index is 12.8. The molecule has 0 radical (unpaired) electrons. The van der Waals surface area contributed by atoms with Gasteiger partial charge in [0, 0.05) is 24.2 Å². The lowest BCUT2D eigenvalue weighted by Crippen LogP contribution is -2.40. The highest BCUT2D eigenvalue weighted by Crippen LogP contribution is 2.24. The van der Waals surface area contributed by atoms with Crippen LogP contribution in [0, 0.1) is 6.92 Å². The number of rotatable bonds is 6. The number of anilines is 1. The van der Waals surface area contributed by atoms with Crippen LogP contribution < -0.4 is 15.6 Å². The maximum Gasteiger partial charge on any atom is 0.253 e. The molecule has 1 aliphatic rings. The average molecular weight is 438 g/mol. The topological polar surface area (TPSA) is 66.6 Å². The first-order valence-corrected chi connectivity index (χ1v) is 10.9. The van der Waals surface area contributed by atoms with E-state index in [0.29, 0.717) is 29.5 Å². The van der Waals surface area contributed by atoms with Crippen LogP contribution in [0.5, 0.6) is 5.75 Å². The van der Waals surface area contributed by atoms with Crippen LogP contribution in [0.4, 0.5) is 5.69 Å². The summed E-state index contributed by atoms with van der Waals surface area (Å²) < 4.78 is 11.3. The highest BCUT2D eigenvalue weighted by atomic mass is 32.1. The number of pyridine rings is 1. The lowest BCUT2D eigenvalue weighted by Gasteiger charge is -2.28. The van der Waals surface area contributed by atoms with Crippen LogP contribution in [0.25, 0.3) is 10.9 Å². The summed E-state index contributed by atoms with van der Waals surface area (Å²) in [4.78, 5) is 17.8. The second-order valence-corrected chi connectivity index (χ2v) is 8.25. The van der Waals surface area contributed by atoms with E-state index in [9.17, 15) is 4.79 Å². The van der Waals surface area contributed by atoms with Crippen LogP contribution in [-0.2, 0) is 11.3 Å². The molecule has 0 amide bonds. The Kier molecular flexibility index (Phi) is 6.53. The Bertz CT molecular complexity index is 1140. The molecular weight excluding hydrogens is 410 g/mol. The molecule has 1 saturated heterocycles. The molecule has 1 aliphatic heterocycles. The van der Waals surface area contributed by atoms with E-state index < -0.39 is 0 Å². The number of hydrogen-bond acceptors (Lipinski definition) is 4. The zero-order chi connectivity index (χ0) is 21.8. The van der Waals surface area contributed by atoms with Crippen molar-refractivity contribution in [1.82, 2.24) is 9.88 Å². The minimum Gasteiger partial charge on any atom is -0.495 e. The number of aryl methyl sites for hydroxylation is 1. The number of fused-ring (bicyclic) bond motifs is 1. The minimum atomic E-state index is -0.103. The van der Waals surface area contributed by atoms with Crippen molar-refractivity contribution < 1.29 is 9.47 Å². The lowest BCUT2D eigenvalue weighted by atomic mass is 10.1. The van der Waals surface area contributed by atoms with E-state index >= 15 is 0 Å². The van der Waals surface area contributed by atoms with Gasteiger partial charge in [0.05, 0.1) is 25.4 Å². The second kappa shape index (κ2) is 9.49. The maximum absolute atomic E-state index is 12.8. The number of aromatic nitrogens is 1. The summed E-state index contributed by atoms with van der Waals surface area (Å²) in [6.45, 7) is 3.81. The molecule has 1 fully saturated rings. The van der Waals surface area contributed by atoms with Gasteiger partial charge in [-0.05, 0) is 67.7 Å². The Morgan fingerprint density at radius 2 is 2.13 bits per heavy atom. The van der Waals surface area contributed by atoms with Crippen molar-refractivity contribution in [3.63, 3.8) is 0 Å². The highest BCUT2D eigenvalue weighted by molar-refractivity contribution is 7.80. The summed E-state index contributed by atoms with van der Waals surface area (Å²) in [5.74, 6) is 0.709. The second-order valence-electron chi connectivity index (χ2n) is 7.86. The highest BCUT2D eigenvalue weighted by Gasteiger charge is 2.22. The van der Waals surface area contributed by atoms with E-state index in [-0.39, 0.29) is 11.7 Å². The number of benzene rings is 2. The quantitative estimate of drug-likeness (QED) is 0.563. The normalized spacial score (nSPS) is 15.7. The van der Waals surface area contributed by atoms with Crippen LogP contribution in [0.3, 0.4) is 0 Å². The number of nitrogens with zero attached hydrogens (tertiary/aromatic N) is 1. The van der Waals surface area contributed by atoms with Crippen LogP contribution >= 0.6 is 12.2 Å². The third-order valence-corrected chi connectivity index (χ3v) is 5.88. The summed E-state index contributed by atoms with van der Waals surface area (Å²) in [5.41, 5.74) is 3.33. The summed E-state index contributed by atoms with van der Waals surface area (Å²) in [6.07, 6.45) is 2.13. The monoisotopic (exact) mass is 437 g/mol. The van der Waals surface area contributed by atoms with E-state index in [1.54, 1.807) is 7.11 Å². The van der Waals surface area contributed by atoms with E-state index in [1.165, 1.54) is 0 Å². The Hall–Kier alpha value is -2.90. The molecule has 1 atom stereocenters. The molecule has 2 heterocycles. The fourth-order valence-corrected chi connectivity index (χ4v) is 4.14. The number of aromatic amines is 1. The molecule has 31 heavy (non-hydrogen) atoms. The fourth-order valence-electron chi connectivity index (χ4n) is 3.89. The van der Waals surface area contributed by atoms with E-state index in [4.69, 9.17) is 21.7 Å². The molecule has 6 nitrogen and oxygen atoms in total. The number of methoxy groups -OCH3 is 1. The number of H-pyrrole nitrogens is 1. The van der Waals surface area contributed by atoms with Crippen molar-refractivity contribution in [2.75, 3.05) is 25.6 Å². The van der Waals surface area contributed by atoms with Crippen molar-refractivity contribution in [3.05, 3.63) is 70.0 Å². The van der Waals surface area contributed by atoms with Crippen molar-refractivity contribution in [2.45, 2.75) is 32.4 Å². The molecule has 1 aromatic heterocycles. The van der Waals surface area contributed by atoms with Gasteiger partial charge in [-0.15, -0.1) is 0 Å². The average Bonchev–Trinajstić information content (AvgIpc) is 3.27. The molecule has 2 aromatic carbocycles. The summed E-state index contributed by atoms with van der Waals surface area (Å²) in [6, 6.07) is 15.6. The largest absolute Gasteiger partial charge is 0.495 e. The van der Waals surface area contributed by atoms with Crippen molar-refractivity contribution in [1.29, 1.82) is 0 Å². The van der Waals surface area contributed by atoms with Gasteiger partial charge in [-0.25, -0.2) is 0 Å². The number of para-hydroxylation sites is 2. The molecule has 0 spiro atoms. The smallest absolute Gasteiger partial charge is 0.253 e. The Labute approximate surface area is 187 Å². The van der Waals surface area contributed by atoms with Gasteiger partial charge in [0.25, 0.3) is 5.56 Å². The molecule has 7 heteroatoms. The zero-order valence-corrected chi connectivity index (χ0v) is 18.6. The van der Waals surface area contributed by atoms with Gasteiger partial charge < -0.3 is 24.7 Å². The third kappa shape index (κ3) is 5.06. The van der Waals surface area contributed by atoms with Crippen LogP contribution in [0.2, 0.25) is 0 Å². The first kappa shape index (κ1) is 21.3. The van der Waals surface area contributed by atoms with Crippen LogP contribution in [-0.4, -0.2) is 41.4 Å². The molecule has 2 N–H and O–H groups in total. The summed E-state index contributed by atoms with van der Waals surface area (Å²) >= 11 is 5.75. The van der Waals surface area contributed by atoms with Crippen LogP contribution in [0.1, 0.15) is 24.0 Å². The molecular formula is C24H27N3O3S. The first-order chi connectivity index (χ1) is 15.0. The molecule has 3 aromatic rings. The summed E-state index contributed by atoms with van der Waals surface area (Å²) in [7, 11) is 1.63. The standard InChI is InChI=1S/C24H27N3O3S/c1-16-9-10-20-17(12-16)13-18(23(28)25-20)14-27(15-19-6-5-11-30-19)24(31)26-21-7-3-4-8-22(21)29-2/h3-4,7-10,12-13,19H,5-6,11,14-15H2,1-2H3,(H,25,28)(H,26,31)/t19-/m1/s1. The Morgan fingerprint density at radius 3 is 2.90 bits per heavy atom. The molecule has 0 aliphatic carbocycles. The number of thiocarbonyl (C=S) groups is 1. The molecule has 162 valence electrons. The van der Waals surface area contributed by atoms with Crippen molar-refractivity contribution >= 4 is 33.9 Å². The van der Waals surface area contributed by atoms with Crippen molar-refractivity contribution in [2.24, 2.45) is 0 Å². The van der Waals surface area contributed by atoms with Gasteiger partial charge in [-0.1, -0.05) is 23.8 Å². The lowest BCUT2D eigenvalue weighted by molar-refractivity contribution is 0.0904. The molecule has 0 saturated carbocycles.